The van der Waals surface area contributed by atoms with E-state index in [9.17, 15) is 13.2 Å². The van der Waals surface area contributed by atoms with Gasteiger partial charge < -0.3 is 4.90 Å². The number of carbonyl (C=O) groups is 1. The molecule has 1 aromatic rings. The number of nitrogens with one attached hydrogen (secondary N) is 1. The molecule has 23 heavy (non-hydrogen) atoms. The number of hydrogen-bond donors (Lipinski definition) is 1. The molecular weight excluding hydrogens is 316 g/mol. The van der Waals surface area contributed by atoms with E-state index < -0.39 is 10.2 Å². The van der Waals surface area contributed by atoms with Crippen LogP contribution in [-0.2, 0) is 21.5 Å². The topological polar surface area (TPSA) is 73.0 Å². The van der Waals surface area contributed by atoms with Gasteiger partial charge in [-0.1, -0.05) is 30.3 Å². The third kappa shape index (κ3) is 5.28. The molecule has 2 rings (SSSR count). The Morgan fingerprint density at radius 1 is 1.13 bits per heavy atom. The zero-order valence-electron chi connectivity index (χ0n) is 13.6. The second-order valence-electron chi connectivity index (χ2n) is 5.75. The van der Waals surface area contributed by atoms with Crippen molar-refractivity contribution >= 4 is 16.1 Å². The highest BCUT2D eigenvalue weighted by Gasteiger charge is 2.22. The third-order valence-electron chi connectivity index (χ3n) is 3.86. The Labute approximate surface area is 138 Å². The van der Waals surface area contributed by atoms with Gasteiger partial charge in [0.1, 0.15) is 0 Å². The molecule has 0 aromatic heterocycles. The molecule has 8 heteroatoms. The van der Waals surface area contributed by atoms with Crippen LogP contribution in [0.2, 0.25) is 0 Å². The van der Waals surface area contributed by atoms with E-state index in [2.05, 4.69) is 21.8 Å². The van der Waals surface area contributed by atoms with Gasteiger partial charge in [0.2, 0.25) is 5.91 Å². The maximum absolute atomic E-state index is 12.1. The fourth-order valence-corrected chi connectivity index (χ4v) is 2.95. The standard InChI is InChI=1S/C15H24N4O3S/c1-17(2)23(21,22)16-12-15(20)19-10-8-18(9-11-19)13-14-6-4-3-5-7-14/h3-7,16H,8-13H2,1-2H3. The Morgan fingerprint density at radius 3 is 2.30 bits per heavy atom. The van der Waals surface area contributed by atoms with Crippen LogP contribution in [0.4, 0.5) is 0 Å². The first-order chi connectivity index (χ1) is 10.9. The van der Waals surface area contributed by atoms with Crippen molar-refractivity contribution in [3.63, 3.8) is 0 Å². The predicted octanol–water partition coefficient (Wildman–Crippen LogP) is -0.273. The third-order valence-corrected chi connectivity index (χ3v) is 5.33. The molecule has 128 valence electrons. The van der Waals surface area contributed by atoms with Gasteiger partial charge in [-0.2, -0.15) is 17.4 Å². The average molecular weight is 340 g/mol. The smallest absolute Gasteiger partial charge is 0.279 e. The highest BCUT2D eigenvalue weighted by atomic mass is 32.2. The minimum absolute atomic E-state index is 0.185. The van der Waals surface area contributed by atoms with Crippen molar-refractivity contribution in [2.45, 2.75) is 6.54 Å². The first-order valence-corrected chi connectivity index (χ1v) is 9.03. The van der Waals surface area contributed by atoms with E-state index in [0.29, 0.717) is 13.1 Å². The Balaban J connectivity index is 1.77. The molecule has 0 radical (unpaired) electrons. The van der Waals surface area contributed by atoms with Gasteiger partial charge in [0.15, 0.2) is 0 Å². The first-order valence-electron chi connectivity index (χ1n) is 7.59. The summed E-state index contributed by atoms with van der Waals surface area (Å²) in [4.78, 5) is 16.1. The van der Waals surface area contributed by atoms with Crippen LogP contribution in [-0.4, -0.2) is 75.2 Å². The molecule has 1 fully saturated rings. The number of carbonyl (C=O) groups excluding carboxylic acids is 1. The highest BCUT2D eigenvalue weighted by Crippen LogP contribution is 2.08. The van der Waals surface area contributed by atoms with E-state index in [1.807, 2.05) is 18.2 Å². The first kappa shape index (κ1) is 17.9. The van der Waals surface area contributed by atoms with Crippen molar-refractivity contribution in [2.75, 3.05) is 46.8 Å². The van der Waals surface area contributed by atoms with Crippen molar-refractivity contribution in [1.29, 1.82) is 0 Å². The normalized spacial score (nSPS) is 16.7. The molecule has 0 atom stereocenters. The molecule has 1 aromatic carbocycles. The maximum Gasteiger partial charge on any atom is 0.279 e. The lowest BCUT2D eigenvalue weighted by atomic mass is 10.2. The summed E-state index contributed by atoms with van der Waals surface area (Å²) in [5, 5.41) is 0. The summed E-state index contributed by atoms with van der Waals surface area (Å²) in [5.41, 5.74) is 1.26. The molecule has 1 heterocycles. The zero-order valence-corrected chi connectivity index (χ0v) is 14.4. The molecule has 7 nitrogen and oxygen atoms in total. The SMILES string of the molecule is CN(C)S(=O)(=O)NCC(=O)N1CCN(Cc2ccccc2)CC1. The van der Waals surface area contributed by atoms with E-state index in [1.165, 1.54) is 19.7 Å². The van der Waals surface area contributed by atoms with E-state index in [0.717, 1.165) is 23.9 Å². The largest absolute Gasteiger partial charge is 0.339 e. The van der Waals surface area contributed by atoms with Gasteiger partial charge in [-0.25, -0.2) is 0 Å². The number of nitrogens with zero attached hydrogens (tertiary/aromatic N) is 3. The fraction of sp³-hybridized carbons (Fsp3) is 0.533. The number of rotatable bonds is 6. The fourth-order valence-electron chi connectivity index (χ4n) is 2.39. The molecule has 0 bridgehead atoms. The molecule has 0 spiro atoms. The summed E-state index contributed by atoms with van der Waals surface area (Å²) in [7, 11) is -0.706. The minimum Gasteiger partial charge on any atom is -0.339 e. The lowest BCUT2D eigenvalue weighted by Crippen LogP contribution is -2.51. The number of benzene rings is 1. The second-order valence-corrected chi connectivity index (χ2v) is 7.72. The molecule has 0 unspecified atom stereocenters. The molecule has 1 saturated heterocycles. The molecule has 1 amide bonds. The molecule has 1 aliphatic heterocycles. The Hall–Kier alpha value is -1.48. The summed E-state index contributed by atoms with van der Waals surface area (Å²) in [5.74, 6) is -0.185. The lowest BCUT2D eigenvalue weighted by Gasteiger charge is -2.34. The van der Waals surface area contributed by atoms with E-state index in [1.54, 1.807) is 4.90 Å². The summed E-state index contributed by atoms with van der Waals surface area (Å²) < 4.78 is 26.6. The lowest BCUT2D eigenvalue weighted by molar-refractivity contribution is -0.131. The molecular formula is C15H24N4O3S. The molecule has 1 N–H and O–H groups in total. The van der Waals surface area contributed by atoms with Crippen LogP contribution in [0.15, 0.2) is 30.3 Å². The monoisotopic (exact) mass is 340 g/mol. The summed E-state index contributed by atoms with van der Waals surface area (Å²) in [6.07, 6.45) is 0. The van der Waals surface area contributed by atoms with Gasteiger partial charge in [0.05, 0.1) is 6.54 Å². The van der Waals surface area contributed by atoms with Crippen LogP contribution in [0, 0.1) is 0 Å². The van der Waals surface area contributed by atoms with Gasteiger partial charge in [-0.15, -0.1) is 0 Å². The van der Waals surface area contributed by atoms with E-state index in [4.69, 9.17) is 0 Å². The predicted molar refractivity (Wildman–Crippen MR) is 88.9 cm³/mol. The minimum atomic E-state index is -3.56. The van der Waals surface area contributed by atoms with Crippen molar-refractivity contribution in [2.24, 2.45) is 0 Å². The van der Waals surface area contributed by atoms with Crippen LogP contribution in [0.1, 0.15) is 5.56 Å². The summed E-state index contributed by atoms with van der Waals surface area (Å²) in [6, 6.07) is 10.2. The van der Waals surface area contributed by atoms with Gasteiger partial charge in [0, 0.05) is 46.8 Å². The summed E-state index contributed by atoms with van der Waals surface area (Å²) in [6.45, 7) is 3.50. The highest BCUT2D eigenvalue weighted by molar-refractivity contribution is 7.87. The second kappa shape index (κ2) is 7.87. The van der Waals surface area contributed by atoms with Crippen LogP contribution < -0.4 is 4.72 Å². The number of piperazine rings is 1. The Morgan fingerprint density at radius 2 is 1.74 bits per heavy atom. The van der Waals surface area contributed by atoms with Gasteiger partial charge >= 0.3 is 0 Å². The van der Waals surface area contributed by atoms with E-state index >= 15 is 0 Å². The van der Waals surface area contributed by atoms with Crippen LogP contribution in [0.5, 0.6) is 0 Å². The molecule has 0 aliphatic carbocycles. The Bertz CT molecular complexity index is 611. The van der Waals surface area contributed by atoms with Crippen molar-refractivity contribution in [3.8, 4) is 0 Å². The summed E-state index contributed by atoms with van der Waals surface area (Å²) >= 11 is 0. The van der Waals surface area contributed by atoms with Crippen LogP contribution in [0.3, 0.4) is 0 Å². The van der Waals surface area contributed by atoms with E-state index in [-0.39, 0.29) is 12.5 Å². The van der Waals surface area contributed by atoms with Gasteiger partial charge in [-0.3, -0.25) is 9.69 Å². The van der Waals surface area contributed by atoms with Gasteiger partial charge in [-0.05, 0) is 5.56 Å². The van der Waals surface area contributed by atoms with Crippen molar-refractivity contribution < 1.29 is 13.2 Å². The van der Waals surface area contributed by atoms with Crippen molar-refractivity contribution in [3.05, 3.63) is 35.9 Å². The van der Waals surface area contributed by atoms with Crippen LogP contribution >= 0.6 is 0 Å². The number of amides is 1. The zero-order chi connectivity index (χ0) is 16.9. The molecule has 1 aliphatic rings. The quantitative estimate of drug-likeness (QED) is 0.774. The van der Waals surface area contributed by atoms with Crippen molar-refractivity contribution in [1.82, 2.24) is 18.8 Å². The Kier molecular flexibility index (Phi) is 6.11. The number of hydrogen-bond acceptors (Lipinski definition) is 4. The molecule has 0 saturated carbocycles. The van der Waals surface area contributed by atoms with Gasteiger partial charge in [0.25, 0.3) is 10.2 Å². The maximum atomic E-state index is 12.1. The van der Waals surface area contributed by atoms with Crippen LogP contribution in [0.25, 0.3) is 0 Å². The average Bonchev–Trinajstić information content (AvgIpc) is 2.54.